The highest BCUT2D eigenvalue weighted by molar-refractivity contribution is 6.33. The fraction of sp³-hybridized carbons (Fsp3) is 0.412. The van der Waals surface area contributed by atoms with Gasteiger partial charge in [-0.2, -0.15) is 0 Å². The largest absolute Gasteiger partial charge is 0.360 e. The van der Waals surface area contributed by atoms with Crippen molar-refractivity contribution in [2.24, 2.45) is 0 Å². The van der Waals surface area contributed by atoms with Crippen molar-refractivity contribution in [3.8, 4) is 11.3 Å². The molecule has 7 heteroatoms. The summed E-state index contributed by atoms with van der Waals surface area (Å²) in [6, 6.07) is 4.74. The van der Waals surface area contributed by atoms with Crippen LogP contribution < -0.4 is 10.6 Å². The average Bonchev–Trinajstić information content (AvgIpc) is 2.89. The topological polar surface area (TPSA) is 67.2 Å². The molecule has 1 aliphatic rings. The molecule has 2 unspecified atom stereocenters. The summed E-state index contributed by atoms with van der Waals surface area (Å²) in [6.45, 7) is 4.56. The Morgan fingerprint density at radius 3 is 3.00 bits per heavy atom. The molecule has 1 aromatic carbocycles. The third-order valence-electron chi connectivity index (χ3n) is 4.25. The van der Waals surface area contributed by atoms with Crippen molar-refractivity contribution in [1.82, 2.24) is 15.8 Å². The maximum Gasteiger partial charge on any atom is 0.257 e. The van der Waals surface area contributed by atoms with E-state index in [2.05, 4.69) is 22.7 Å². The Bertz CT molecular complexity index is 742. The Morgan fingerprint density at radius 2 is 2.29 bits per heavy atom. The Morgan fingerprint density at radius 1 is 1.50 bits per heavy atom. The predicted octanol–water partition coefficient (Wildman–Crippen LogP) is 3.31. The van der Waals surface area contributed by atoms with Crippen LogP contribution in [0.15, 0.2) is 22.7 Å². The van der Waals surface area contributed by atoms with Crippen LogP contribution in [0.2, 0.25) is 5.02 Å². The van der Waals surface area contributed by atoms with Gasteiger partial charge in [-0.25, -0.2) is 4.39 Å². The second-order valence-corrected chi connectivity index (χ2v) is 6.52. The SMILES string of the molecule is Cc1onc(-c2c(F)cccc2Cl)c1C(=O)NC1CCNC(C)C1. The normalized spacial score (nSPS) is 20.8. The van der Waals surface area contributed by atoms with Crippen molar-refractivity contribution in [3.63, 3.8) is 0 Å². The molecule has 24 heavy (non-hydrogen) atoms. The van der Waals surface area contributed by atoms with Crippen LogP contribution in [0, 0.1) is 12.7 Å². The quantitative estimate of drug-likeness (QED) is 0.890. The number of hydrogen-bond acceptors (Lipinski definition) is 4. The molecule has 1 amide bonds. The molecule has 2 atom stereocenters. The molecule has 0 saturated carbocycles. The fourth-order valence-corrected chi connectivity index (χ4v) is 3.31. The van der Waals surface area contributed by atoms with Crippen molar-refractivity contribution in [2.45, 2.75) is 38.8 Å². The minimum atomic E-state index is -0.541. The van der Waals surface area contributed by atoms with E-state index in [1.54, 1.807) is 13.0 Å². The standard InChI is InChI=1S/C17H19ClFN3O2/c1-9-8-11(6-7-20-9)21-17(23)14-10(2)24-22-16(14)15-12(18)4-3-5-13(15)19/h3-5,9,11,20H,6-8H2,1-2H3,(H,21,23). The monoisotopic (exact) mass is 351 g/mol. The van der Waals surface area contributed by atoms with Crippen LogP contribution in [0.5, 0.6) is 0 Å². The van der Waals surface area contributed by atoms with Crippen molar-refractivity contribution in [3.05, 3.63) is 40.4 Å². The molecule has 2 heterocycles. The highest BCUT2D eigenvalue weighted by atomic mass is 35.5. The maximum absolute atomic E-state index is 14.2. The number of halogens is 2. The number of carbonyl (C=O) groups excluding carboxylic acids is 1. The van der Waals surface area contributed by atoms with Crippen LogP contribution >= 0.6 is 11.6 Å². The molecule has 128 valence electrons. The summed E-state index contributed by atoms with van der Waals surface area (Å²) < 4.78 is 19.3. The smallest absolute Gasteiger partial charge is 0.257 e. The van der Waals surface area contributed by atoms with Gasteiger partial charge in [0.15, 0.2) is 0 Å². The second-order valence-electron chi connectivity index (χ2n) is 6.11. The molecule has 0 bridgehead atoms. The van der Waals surface area contributed by atoms with Crippen molar-refractivity contribution in [1.29, 1.82) is 0 Å². The molecule has 2 aromatic rings. The van der Waals surface area contributed by atoms with Gasteiger partial charge in [0.1, 0.15) is 22.8 Å². The van der Waals surface area contributed by atoms with E-state index in [0.29, 0.717) is 11.8 Å². The number of nitrogens with zero attached hydrogens (tertiary/aromatic N) is 1. The number of benzene rings is 1. The molecule has 1 saturated heterocycles. The summed E-state index contributed by atoms with van der Waals surface area (Å²) in [4.78, 5) is 12.7. The van der Waals surface area contributed by atoms with Crippen LogP contribution in [-0.2, 0) is 0 Å². The lowest BCUT2D eigenvalue weighted by atomic mass is 9.99. The molecule has 0 aliphatic carbocycles. The number of carbonyl (C=O) groups is 1. The van der Waals surface area contributed by atoms with Gasteiger partial charge >= 0.3 is 0 Å². The Hall–Kier alpha value is -1.92. The lowest BCUT2D eigenvalue weighted by molar-refractivity contribution is 0.0924. The fourth-order valence-electron chi connectivity index (χ4n) is 3.05. The summed E-state index contributed by atoms with van der Waals surface area (Å²) >= 11 is 6.10. The molecule has 1 aromatic heterocycles. The zero-order chi connectivity index (χ0) is 17.3. The first-order valence-corrected chi connectivity index (χ1v) is 8.30. The Balaban J connectivity index is 1.91. The van der Waals surface area contributed by atoms with E-state index in [-0.39, 0.29) is 33.8 Å². The molecule has 1 aliphatic heterocycles. The molecule has 3 rings (SSSR count). The molecular weight excluding hydrogens is 333 g/mol. The zero-order valence-electron chi connectivity index (χ0n) is 13.5. The van der Waals surface area contributed by atoms with Gasteiger partial charge in [-0.15, -0.1) is 0 Å². The van der Waals surface area contributed by atoms with Crippen LogP contribution in [0.4, 0.5) is 4.39 Å². The van der Waals surface area contributed by atoms with Gasteiger partial charge in [-0.1, -0.05) is 22.8 Å². The van der Waals surface area contributed by atoms with E-state index < -0.39 is 5.82 Å². The lowest BCUT2D eigenvalue weighted by Gasteiger charge is -2.28. The summed E-state index contributed by atoms with van der Waals surface area (Å²) in [5, 5.41) is 10.4. The molecule has 5 nitrogen and oxygen atoms in total. The molecule has 1 fully saturated rings. The Kier molecular flexibility index (Phi) is 4.87. The van der Waals surface area contributed by atoms with E-state index in [0.717, 1.165) is 19.4 Å². The van der Waals surface area contributed by atoms with Crippen LogP contribution in [0.25, 0.3) is 11.3 Å². The number of aromatic nitrogens is 1. The van der Waals surface area contributed by atoms with E-state index in [9.17, 15) is 9.18 Å². The van der Waals surface area contributed by atoms with Gasteiger partial charge in [0.25, 0.3) is 5.91 Å². The number of nitrogens with one attached hydrogen (secondary N) is 2. The van der Waals surface area contributed by atoms with Crippen molar-refractivity contribution < 1.29 is 13.7 Å². The van der Waals surface area contributed by atoms with E-state index in [4.69, 9.17) is 16.1 Å². The minimum absolute atomic E-state index is 0.0620. The van der Waals surface area contributed by atoms with Gasteiger partial charge < -0.3 is 15.2 Å². The summed E-state index contributed by atoms with van der Waals surface area (Å²) in [5.74, 6) is -0.522. The number of aryl methyl sites for hydroxylation is 1. The van der Waals surface area contributed by atoms with Crippen LogP contribution in [0.1, 0.15) is 35.9 Å². The third kappa shape index (κ3) is 3.30. The van der Waals surface area contributed by atoms with Crippen LogP contribution in [-0.4, -0.2) is 29.7 Å². The predicted molar refractivity (Wildman–Crippen MR) is 89.6 cm³/mol. The highest BCUT2D eigenvalue weighted by Crippen LogP contribution is 2.33. The summed E-state index contributed by atoms with van der Waals surface area (Å²) in [7, 11) is 0. The third-order valence-corrected chi connectivity index (χ3v) is 4.56. The molecular formula is C17H19ClFN3O2. The molecule has 2 N–H and O–H groups in total. The lowest BCUT2D eigenvalue weighted by Crippen LogP contribution is -2.46. The first-order valence-electron chi connectivity index (χ1n) is 7.92. The first-order chi connectivity index (χ1) is 11.5. The molecule has 0 spiro atoms. The summed E-state index contributed by atoms with van der Waals surface area (Å²) in [6.07, 6.45) is 1.68. The Labute approximate surface area is 144 Å². The van der Waals surface area contributed by atoms with Crippen molar-refractivity contribution >= 4 is 17.5 Å². The summed E-state index contributed by atoms with van der Waals surface area (Å²) in [5.41, 5.74) is 0.447. The van der Waals surface area contributed by atoms with E-state index in [1.807, 2.05) is 0 Å². The van der Waals surface area contributed by atoms with Crippen LogP contribution in [0.3, 0.4) is 0 Å². The average molecular weight is 352 g/mol. The molecule has 0 radical (unpaired) electrons. The number of piperidine rings is 1. The van der Waals surface area contributed by atoms with E-state index in [1.165, 1.54) is 12.1 Å². The minimum Gasteiger partial charge on any atom is -0.360 e. The second kappa shape index (κ2) is 6.91. The van der Waals surface area contributed by atoms with Gasteiger partial charge in [0.05, 0.1) is 10.6 Å². The van der Waals surface area contributed by atoms with Gasteiger partial charge in [0.2, 0.25) is 0 Å². The number of amides is 1. The highest BCUT2D eigenvalue weighted by Gasteiger charge is 2.28. The van der Waals surface area contributed by atoms with Gasteiger partial charge in [0, 0.05) is 12.1 Å². The van der Waals surface area contributed by atoms with E-state index >= 15 is 0 Å². The van der Waals surface area contributed by atoms with Gasteiger partial charge in [-0.05, 0) is 45.4 Å². The van der Waals surface area contributed by atoms with Gasteiger partial charge in [-0.3, -0.25) is 4.79 Å². The van der Waals surface area contributed by atoms with Crippen molar-refractivity contribution in [2.75, 3.05) is 6.54 Å². The zero-order valence-corrected chi connectivity index (χ0v) is 14.3. The number of hydrogen-bond donors (Lipinski definition) is 2. The number of rotatable bonds is 3. The first kappa shape index (κ1) is 16.9. The maximum atomic E-state index is 14.2.